The zero-order valence-electron chi connectivity index (χ0n) is 13.2. The van der Waals surface area contributed by atoms with E-state index in [0.29, 0.717) is 12.2 Å². The molecular formula is C18H21N3O2. The van der Waals surface area contributed by atoms with E-state index < -0.39 is 0 Å². The molecule has 0 spiro atoms. The molecule has 1 unspecified atom stereocenters. The zero-order valence-corrected chi connectivity index (χ0v) is 13.2. The van der Waals surface area contributed by atoms with Crippen molar-refractivity contribution in [3.05, 3.63) is 54.4 Å². The second kappa shape index (κ2) is 7.24. The first-order valence-corrected chi connectivity index (χ1v) is 7.88. The Bertz CT molecular complexity index is 637. The maximum absolute atomic E-state index is 12.1. The van der Waals surface area contributed by atoms with Crippen LogP contribution in [0.5, 0.6) is 0 Å². The number of nitrogens with zero attached hydrogens (tertiary/aromatic N) is 2. The van der Waals surface area contributed by atoms with Crippen LogP contribution in [0.2, 0.25) is 0 Å². The lowest BCUT2D eigenvalue weighted by atomic mass is 10.2. The lowest BCUT2D eigenvalue weighted by Gasteiger charge is -2.19. The van der Waals surface area contributed by atoms with Crippen molar-refractivity contribution < 1.29 is 9.53 Å². The Morgan fingerprint density at radius 3 is 2.74 bits per heavy atom. The third-order valence-corrected chi connectivity index (χ3v) is 4.03. The van der Waals surface area contributed by atoms with Gasteiger partial charge in [0, 0.05) is 25.9 Å². The summed E-state index contributed by atoms with van der Waals surface area (Å²) in [5, 5.41) is 2.88. The van der Waals surface area contributed by atoms with Crippen molar-refractivity contribution in [3.8, 4) is 0 Å². The Hall–Kier alpha value is -2.40. The summed E-state index contributed by atoms with van der Waals surface area (Å²) in [6.45, 7) is 1.34. The van der Waals surface area contributed by atoms with Gasteiger partial charge in [-0.2, -0.15) is 0 Å². The second-order valence-electron chi connectivity index (χ2n) is 5.64. The molecule has 3 rings (SSSR count). The Morgan fingerprint density at radius 1 is 1.26 bits per heavy atom. The number of ether oxygens (including phenoxy) is 1. The summed E-state index contributed by atoms with van der Waals surface area (Å²) in [7, 11) is 1.98. The molecule has 1 aromatic heterocycles. The van der Waals surface area contributed by atoms with Crippen LogP contribution in [0.4, 0.5) is 11.4 Å². The molecule has 1 aliphatic heterocycles. The van der Waals surface area contributed by atoms with Gasteiger partial charge in [0.2, 0.25) is 0 Å². The smallest absolute Gasteiger partial charge is 0.269 e. The standard InChI is InChI=1S/C18H21N3O2/c1-21(14-6-3-2-4-7-14)15-9-10-17(19-12-15)18(22)20-13-16-8-5-11-23-16/h2-4,6-7,9-10,12,16H,5,8,11,13H2,1H3,(H,20,22). The molecule has 1 aromatic carbocycles. The minimum Gasteiger partial charge on any atom is -0.376 e. The number of aromatic nitrogens is 1. The van der Waals surface area contributed by atoms with Gasteiger partial charge in [-0.25, -0.2) is 4.98 Å². The van der Waals surface area contributed by atoms with Crippen molar-refractivity contribution in [2.45, 2.75) is 18.9 Å². The number of carbonyl (C=O) groups excluding carboxylic acids is 1. The van der Waals surface area contributed by atoms with Crippen LogP contribution in [0.15, 0.2) is 48.7 Å². The van der Waals surface area contributed by atoms with Crippen molar-refractivity contribution in [2.75, 3.05) is 25.1 Å². The molecule has 120 valence electrons. The predicted octanol–water partition coefficient (Wildman–Crippen LogP) is 2.76. The molecule has 1 fully saturated rings. The third-order valence-electron chi connectivity index (χ3n) is 4.03. The number of nitrogens with one attached hydrogen (secondary N) is 1. The van der Waals surface area contributed by atoms with Crippen LogP contribution < -0.4 is 10.2 Å². The molecule has 1 aliphatic rings. The number of pyridine rings is 1. The quantitative estimate of drug-likeness (QED) is 0.922. The normalized spacial score (nSPS) is 17.0. The van der Waals surface area contributed by atoms with E-state index in [4.69, 9.17) is 4.74 Å². The summed E-state index contributed by atoms with van der Waals surface area (Å²) in [5.74, 6) is -0.158. The fraction of sp³-hybridized carbons (Fsp3) is 0.333. The van der Waals surface area contributed by atoms with Gasteiger partial charge in [-0.05, 0) is 37.1 Å². The molecule has 0 aliphatic carbocycles. The maximum Gasteiger partial charge on any atom is 0.269 e. The van der Waals surface area contributed by atoms with Gasteiger partial charge in [0.15, 0.2) is 0 Å². The number of anilines is 2. The van der Waals surface area contributed by atoms with Gasteiger partial charge in [-0.1, -0.05) is 18.2 Å². The van der Waals surface area contributed by atoms with Crippen molar-refractivity contribution in [3.63, 3.8) is 0 Å². The number of carbonyl (C=O) groups is 1. The first-order valence-electron chi connectivity index (χ1n) is 7.88. The highest BCUT2D eigenvalue weighted by Crippen LogP contribution is 2.22. The Labute approximate surface area is 136 Å². The largest absolute Gasteiger partial charge is 0.376 e. The van der Waals surface area contributed by atoms with E-state index in [1.54, 1.807) is 12.3 Å². The Morgan fingerprint density at radius 2 is 2.09 bits per heavy atom. The van der Waals surface area contributed by atoms with Crippen LogP contribution in [0.1, 0.15) is 23.3 Å². The summed E-state index contributed by atoms with van der Waals surface area (Å²) in [4.78, 5) is 18.4. The van der Waals surface area contributed by atoms with Crippen LogP contribution in [0.25, 0.3) is 0 Å². The first-order chi connectivity index (χ1) is 11.2. The molecule has 0 radical (unpaired) electrons. The lowest BCUT2D eigenvalue weighted by molar-refractivity contribution is 0.0854. The molecule has 1 atom stereocenters. The van der Waals surface area contributed by atoms with E-state index in [2.05, 4.69) is 10.3 Å². The molecule has 1 N–H and O–H groups in total. The maximum atomic E-state index is 12.1. The number of para-hydroxylation sites is 1. The summed E-state index contributed by atoms with van der Waals surface area (Å²) in [6, 6.07) is 13.7. The van der Waals surface area contributed by atoms with Gasteiger partial charge in [0.05, 0.1) is 18.0 Å². The number of hydrogen-bond acceptors (Lipinski definition) is 4. The minimum absolute atomic E-state index is 0.141. The van der Waals surface area contributed by atoms with E-state index in [0.717, 1.165) is 30.8 Å². The summed E-state index contributed by atoms with van der Waals surface area (Å²) < 4.78 is 5.50. The summed E-state index contributed by atoms with van der Waals surface area (Å²) in [5.41, 5.74) is 2.44. The average molecular weight is 311 g/mol. The van der Waals surface area contributed by atoms with Gasteiger partial charge in [0.25, 0.3) is 5.91 Å². The molecule has 1 amide bonds. The van der Waals surface area contributed by atoms with Crippen molar-refractivity contribution in [2.24, 2.45) is 0 Å². The van der Waals surface area contributed by atoms with Gasteiger partial charge in [-0.15, -0.1) is 0 Å². The van der Waals surface area contributed by atoms with Crippen LogP contribution in [-0.2, 0) is 4.74 Å². The SMILES string of the molecule is CN(c1ccccc1)c1ccc(C(=O)NCC2CCCO2)nc1. The van der Waals surface area contributed by atoms with E-state index in [-0.39, 0.29) is 12.0 Å². The Kier molecular flexibility index (Phi) is 4.88. The van der Waals surface area contributed by atoms with Gasteiger partial charge in [-0.3, -0.25) is 4.79 Å². The van der Waals surface area contributed by atoms with E-state index in [1.165, 1.54) is 0 Å². The highest BCUT2D eigenvalue weighted by atomic mass is 16.5. The molecule has 5 nitrogen and oxygen atoms in total. The van der Waals surface area contributed by atoms with Crippen LogP contribution in [0, 0.1) is 0 Å². The number of amides is 1. The van der Waals surface area contributed by atoms with Crippen molar-refractivity contribution in [1.29, 1.82) is 0 Å². The van der Waals surface area contributed by atoms with Gasteiger partial charge in [0.1, 0.15) is 5.69 Å². The highest BCUT2D eigenvalue weighted by molar-refractivity contribution is 5.92. The molecular weight excluding hydrogens is 290 g/mol. The number of benzene rings is 1. The molecule has 2 aromatic rings. The van der Waals surface area contributed by atoms with Crippen LogP contribution in [0.3, 0.4) is 0 Å². The monoisotopic (exact) mass is 311 g/mol. The molecule has 23 heavy (non-hydrogen) atoms. The molecule has 1 saturated heterocycles. The van der Waals surface area contributed by atoms with E-state index >= 15 is 0 Å². The van der Waals surface area contributed by atoms with E-state index in [1.807, 2.05) is 48.3 Å². The third kappa shape index (κ3) is 3.87. The molecule has 5 heteroatoms. The van der Waals surface area contributed by atoms with Gasteiger partial charge >= 0.3 is 0 Å². The Balaban J connectivity index is 1.61. The molecule has 0 bridgehead atoms. The topological polar surface area (TPSA) is 54.5 Å². The average Bonchev–Trinajstić information content (AvgIpc) is 3.13. The summed E-state index contributed by atoms with van der Waals surface area (Å²) in [6.07, 6.45) is 3.93. The summed E-state index contributed by atoms with van der Waals surface area (Å²) >= 11 is 0. The zero-order chi connectivity index (χ0) is 16.1. The molecule has 2 heterocycles. The van der Waals surface area contributed by atoms with Crippen molar-refractivity contribution >= 4 is 17.3 Å². The predicted molar refractivity (Wildman–Crippen MR) is 90.0 cm³/mol. The fourth-order valence-electron chi connectivity index (χ4n) is 2.62. The first kappa shape index (κ1) is 15.5. The molecule has 0 saturated carbocycles. The number of rotatable bonds is 5. The van der Waals surface area contributed by atoms with Crippen molar-refractivity contribution in [1.82, 2.24) is 10.3 Å². The minimum atomic E-state index is -0.158. The number of hydrogen-bond donors (Lipinski definition) is 1. The van der Waals surface area contributed by atoms with Gasteiger partial charge < -0.3 is 15.0 Å². The highest BCUT2D eigenvalue weighted by Gasteiger charge is 2.17. The second-order valence-corrected chi connectivity index (χ2v) is 5.64. The van der Waals surface area contributed by atoms with Crippen LogP contribution >= 0.6 is 0 Å². The van der Waals surface area contributed by atoms with E-state index in [9.17, 15) is 4.79 Å². The fourth-order valence-corrected chi connectivity index (χ4v) is 2.62. The van der Waals surface area contributed by atoms with Crippen LogP contribution in [-0.4, -0.2) is 37.2 Å². The lowest BCUT2D eigenvalue weighted by Crippen LogP contribution is -2.32.